The van der Waals surface area contributed by atoms with Gasteiger partial charge in [0.05, 0.1) is 11.3 Å². The second-order valence-corrected chi connectivity index (χ2v) is 10.2. The third kappa shape index (κ3) is 5.85. The zero-order chi connectivity index (χ0) is 19.4. The van der Waals surface area contributed by atoms with Gasteiger partial charge in [0.25, 0.3) is 5.91 Å². The number of halogens is 2. The van der Waals surface area contributed by atoms with Crippen LogP contribution in [0.4, 0.5) is 0 Å². The van der Waals surface area contributed by atoms with Crippen molar-refractivity contribution >= 4 is 50.9 Å². The summed E-state index contributed by atoms with van der Waals surface area (Å²) >= 11 is 13.3. The van der Waals surface area contributed by atoms with Crippen molar-refractivity contribution in [3.05, 3.63) is 57.8 Å². The molecule has 0 saturated heterocycles. The fourth-order valence-electron chi connectivity index (χ4n) is 2.91. The Hall–Kier alpha value is -1.28. The van der Waals surface area contributed by atoms with Gasteiger partial charge in [-0.2, -0.15) is 0 Å². The molecule has 1 aliphatic carbocycles. The van der Waals surface area contributed by atoms with E-state index in [1.165, 1.54) is 31.2 Å². The number of nitrogens with zero attached hydrogens (tertiary/aromatic N) is 1. The SMILES string of the molecule is O=C(NS(=O)(=O)Cc1ccc(Cl)nc1)c1cc(Cl)ccc1SC1CCCC1. The lowest BCUT2D eigenvalue weighted by Gasteiger charge is -2.14. The number of aromatic nitrogens is 1. The van der Waals surface area contributed by atoms with Crippen LogP contribution >= 0.6 is 35.0 Å². The Morgan fingerprint density at radius 1 is 1.19 bits per heavy atom. The zero-order valence-electron chi connectivity index (χ0n) is 14.3. The van der Waals surface area contributed by atoms with Crippen LogP contribution in [0.25, 0.3) is 0 Å². The van der Waals surface area contributed by atoms with Crippen molar-refractivity contribution in [2.75, 3.05) is 0 Å². The summed E-state index contributed by atoms with van der Waals surface area (Å²) in [6.45, 7) is 0. The van der Waals surface area contributed by atoms with E-state index in [0.717, 1.165) is 17.7 Å². The van der Waals surface area contributed by atoms with E-state index in [0.29, 0.717) is 15.8 Å². The number of rotatable bonds is 6. The minimum atomic E-state index is -3.89. The van der Waals surface area contributed by atoms with Crippen LogP contribution in [0.2, 0.25) is 10.2 Å². The van der Waals surface area contributed by atoms with Crippen LogP contribution in [0, 0.1) is 0 Å². The molecule has 5 nitrogen and oxygen atoms in total. The number of carbonyl (C=O) groups is 1. The first-order chi connectivity index (χ1) is 12.8. The number of carbonyl (C=O) groups excluding carboxylic acids is 1. The van der Waals surface area contributed by atoms with E-state index in [4.69, 9.17) is 23.2 Å². The molecular weight excluding hydrogens is 427 g/mol. The second-order valence-electron chi connectivity index (χ2n) is 6.34. The summed E-state index contributed by atoms with van der Waals surface area (Å²) < 4.78 is 26.9. The van der Waals surface area contributed by atoms with Gasteiger partial charge in [0, 0.05) is 21.4 Å². The summed E-state index contributed by atoms with van der Waals surface area (Å²) in [7, 11) is -3.89. The monoisotopic (exact) mass is 444 g/mol. The summed E-state index contributed by atoms with van der Waals surface area (Å²) in [5, 5.41) is 1.09. The van der Waals surface area contributed by atoms with Crippen LogP contribution in [-0.4, -0.2) is 24.6 Å². The molecule has 0 spiro atoms. The van der Waals surface area contributed by atoms with Crippen LogP contribution in [0.1, 0.15) is 41.6 Å². The fraction of sp³-hybridized carbons (Fsp3) is 0.333. The van der Waals surface area contributed by atoms with E-state index in [9.17, 15) is 13.2 Å². The molecule has 1 amide bonds. The fourth-order valence-corrected chi connectivity index (χ4v) is 5.62. The average molecular weight is 445 g/mol. The highest BCUT2D eigenvalue weighted by Crippen LogP contribution is 2.37. The minimum absolute atomic E-state index is 0.271. The van der Waals surface area contributed by atoms with Crippen molar-refractivity contribution in [1.29, 1.82) is 0 Å². The zero-order valence-corrected chi connectivity index (χ0v) is 17.5. The lowest BCUT2D eigenvalue weighted by molar-refractivity contribution is 0.0978. The van der Waals surface area contributed by atoms with Gasteiger partial charge in [0.1, 0.15) is 5.15 Å². The van der Waals surface area contributed by atoms with E-state index in [1.807, 2.05) is 0 Å². The van der Waals surface area contributed by atoms with Crippen LogP contribution in [0.5, 0.6) is 0 Å². The highest BCUT2D eigenvalue weighted by Gasteiger charge is 2.23. The van der Waals surface area contributed by atoms with Crippen LogP contribution in [-0.2, 0) is 15.8 Å². The first-order valence-corrected chi connectivity index (χ1v) is 11.7. The van der Waals surface area contributed by atoms with Crippen molar-refractivity contribution < 1.29 is 13.2 Å². The molecule has 1 heterocycles. The Balaban J connectivity index is 1.76. The maximum atomic E-state index is 12.7. The summed E-state index contributed by atoms with van der Waals surface area (Å²) in [4.78, 5) is 17.2. The summed E-state index contributed by atoms with van der Waals surface area (Å²) in [6.07, 6.45) is 5.91. The van der Waals surface area contributed by atoms with E-state index in [1.54, 1.807) is 30.0 Å². The van der Waals surface area contributed by atoms with E-state index in [2.05, 4.69) is 9.71 Å². The number of sulfonamides is 1. The lowest BCUT2D eigenvalue weighted by Crippen LogP contribution is -2.32. The molecule has 1 aromatic carbocycles. The number of hydrogen-bond donors (Lipinski definition) is 1. The first kappa shape index (κ1) is 20.5. The van der Waals surface area contributed by atoms with E-state index in [-0.39, 0.29) is 16.5 Å². The lowest BCUT2D eigenvalue weighted by atomic mass is 10.2. The normalized spacial score (nSPS) is 15.0. The van der Waals surface area contributed by atoms with Crippen molar-refractivity contribution in [2.24, 2.45) is 0 Å². The average Bonchev–Trinajstić information content (AvgIpc) is 3.11. The predicted molar refractivity (Wildman–Crippen MR) is 109 cm³/mol. The Labute approximate surface area is 172 Å². The molecule has 9 heteroatoms. The highest BCUT2D eigenvalue weighted by atomic mass is 35.5. The van der Waals surface area contributed by atoms with E-state index < -0.39 is 15.9 Å². The van der Waals surface area contributed by atoms with Gasteiger partial charge in [-0.25, -0.2) is 18.1 Å². The molecule has 1 fully saturated rings. The van der Waals surface area contributed by atoms with Crippen LogP contribution < -0.4 is 4.72 Å². The quantitative estimate of drug-likeness (QED) is 0.654. The van der Waals surface area contributed by atoms with Crippen LogP contribution in [0.15, 0.2) is 41.4 Å². The number of hydrogen-bond acceptors (Lipinski definition) is 5. The topological polar surface area (TPSA) is 76.1 Å². The van der Waals surface area contributed by atoms with Crippen molar-refractivity contribution in [2.45, 2.75) is 41.6 Å². The third-order valence-electron chi connectivity index (χ3n) is 4.18. The molecule has 0 aliphatic heterocycles. The Morgan fingerprint density at radius 2 is 1.93 bits per heavy atom. The van der Waals surface area contributed by atoms with Crippen molar-refractivity contribution in [3.8, 4) is 0 Å². The smallest absolute Gasteiger partial charge is 0.265 e. The molecule has 1 saturated carbocycles. The Kier molecular flexibility index (Phi) is 6.68. The maximum absolute atomic E-state index is 12.7. The van der Waals surface area contributed by atoms with E-state index >= 15 is 0 Å². The number of nitrogens with one attached hydrogen (secondary N) is 1. The molecule has 0 bridgehead atoms. The number of amides is 1. The van der Waals surface area contributed by atoms with Crippen LogP contribution in [0.3, 0.4) is 0 Å². The Bertz CT molecular complexity index is 928. The third-order valence-corrected chi connectivity index (χ3v) is 7.26. The molecule has 1 aromatic heterocycles. The molecule has 1 N–H and O–H groups in total. The summed E-state index contributed by atoms with van der Waals surface area (Å²) in [5.41, 5.74) is 0.712. The molecule has 27 heavy (non-hydrogen) atoms. The standard InChI is InChI=1S/C18H18Cl2N2O3S2/c19-13-6-7-16(26-14-3-1-2-4-14)15(9-13)18(23)22-27(24,25)11-12-5-8-17(20)21-10-12/h5-10,14H,1-4,11H2,(H,22,23). The van der Waals surface area contributed by atoms with Crippen molar-refractivity contribution in [3.63, 3.8) is 0 Å². The Morgan fingerprint density at radius 3 is 2.59 bits per heavy atom. The summed E-state index contributed by atoms with van der Waals surface area (Å²) in [6, 6.07) is 8.05. The van der Waals surface area contributed by atoms with Gasteiger partial charge in [-0.15, -0.1) is 11.8 Å². The molecule has 0 unspecified atom stereocenters. The highest BCUT2D eigenvalue weighted by molar-refractivity contribution is 8.00. The van der Waals surface area contributed by atoms with Gasteiger partial charge in [0.15, 0.2) is 0 Å². The molecule has 0 radical (unpaired) electrons. The number of pyridine rings is 1. The largest absolute Gasteiger partial charge is 0.268 e. The van der Waals surface area contributed by atoms with Gasteiger partial charge in [0.2, 0.25) is 10.0 Å². The minimum Gasteiger partial charge on any atom is -0.268 e. The van der Waals surface area contributed by atoms with Gasteiger partial charge < -0.3 is 0 Å². The van der Waals surface area contributed by atoms with Gasteiger partial charge in [-0.05, 0) is 42.7 Å². The van der Waals surface area contributed by atoms with Crippen molar-refractivity contribution in [1.82, 2.24) is 9.71 Å². The maximum Gasteiger partial charge on any atom is 0.265 e. The number of benzene rings is 1. The number of thioether (sulfide) groups is 1. The molecular formula is C18H18Cl2N2O3S2. The molecule has 144 valence electrons. The molecule has 2 aromatic rings. The summed E-state index contributed by atoms with van der Waals surface area (Å²) in [5.74, 6) is -1.05. The van der Waals surface area contributed by atoms with Gasteiger partial charge in [-0.3, -0.25) is 4.79 Å². The molecule has 0 atom stereocenters. The predicted octanol–water partition coefficient (Wildman–Crippen LogP) is 4.68. The van der Waals surface area contributed by atoms with Gasteiger partial charge >= 0.3 is 0 Å². The first-order valence-electron chi connectivity index (χ1n) is 8.44. The van der Waals surface area contributed by atoms with Gasteiger partial charge in [-0.1, -0.05) is 42.1 Å². The molecule has 3 rings (SSSR count). The molecule has 1 aliphatic rings. The second kappa shape index (κ2) is 8.82.